The van der Waals surface area contributed by atoms with Crippen LogP contribution in [0.15, 0.2) is 18.2 Å². The van der Waals surface area contributed by atoms with E-state index in [0.29, 0.717) is 0 Å². The lowest BCUT2D eigenvalue weighted by molar-refractivity contribution is -0.104. The van der Waals surface area contributed by atoms with E-state index >= 15 is 0 Å². The first-order chi connectivity index (χ1) is 6.86. The number of hydrogen-bond donors (Lipinski definition) is 0. The van der Waals surface area contributed by atoms with Crippen molar-refractivity contribution in [3.8, 4) is 0 Å². The smallest absolute Gasteiger partial charge is 0.146 e. The van der Waals surface area contributed by atoms with Crippen LogP contribution in [0, 0.1) is 0 Å². The molecule has 0 unspecified atom stereocenters. The van der Waals surface area contributed by atoms with Crippen LogP contribution in [0.4, 0.5) is 0 Å². The third-order valence-corrected chi connectivity index (χ3v) is 2.56. The van der Waals surface area contributed by atoms with Gasteiger partial charge < -0.3 is 0 Å². The third kappa shape index (κ3) is 1.29. The number of fused-ring (bicyclic) bond motifs is 1. The first-order valence-electron chi connectivity index (χ1n) is 4.58. The molecule has 0 amide bonds. The summed E-state index contributed by atoms with van der Waals surface area (Å²) in [5.74, 6) is 0. The second-order valence-corrected chi connectivity index (χ2v) is 3.33. The van der Waals surface area contributed by atoms with Gasteiger partial charge in [-0.05, 0) is 34.9 Å². The van der Waals surface area contributed by atoms with E-state index in [1.54, 1.807) is 0 Å². The summed E-state index contributed by atoms with van der Waals surface area (Å²) in [7, 11) is 0. The molecule has 2 heteroatoms. The molecule has 0 aromatic heterocycles. The molecule has 0 aliphatic heterocycles. The highest BCUT2D eigenvalue weighted by atomic mass is 16.1. The summed E-state index contributed by atoms with van der Waals surface area (Å²) in [5.41, 5.74) is 1.98. The van der Waals surface area contributed by atoms with Gasteiger partial charge >= 0.3 is 0 Å². The average Bonchev–Trinajstić information content (AvgIpc) is 2.62. The molecule has 0 heterocycles. The zero-order valence-corrected chi connectivity index (χ0v) is 7.69. The minimum atomic E-state index is 0.760. The normalized spacial score (nSPS) is 15.4. The minimum absolute atomic E-state index is 0.760. The number of carbonyl (C=O) groups excluding carboxylic acids is 2. The Morgan fingerprint density at radius 3 is 2.71 bits per heavy atom. The molecule has 0 spiro atoms. The van der Waals surface area contributed by atoms with Gasteiger partial charge in [-0.25, -0.2) is 0 Å². The van der Waals surface area contributed by atoms with Gasteiger partial charge in [0.15, 0.2) is 0 Å². The molecule has 1 aliphatic carbocycles. The summed E-state index contributed by atoms with van der Waals surface area (Å²) >= 11 is 0. The second-order valence-electron chi connectivity index (χ2n) is 3.33. The van der Waals surface area contributed by atoms with Gasteiger partial charge in [0.25, 0.3) is 0 Å². The first kappa shape index (κ1) is 8.88. The van der Waals surface area contributed by atoms with Gasteiger partial charge in [0.1, 0.15) is 12.6 Å². The van der Waals surface area contributed by atoms with E-state index in [2.05, 4.69) is 0 Å². The SMILES string of the molecule is O=C/C=c1/cccc2c1=C(C=O)CC2. The molecule has 0 bridgehead atoms. The maximum Gasteiger partial charge on any atom is 0.146 e. The van der Waals surface area contributed by atoms with E-state index in [1.165, 1.54) is 11.6 Å². The van der Waals surface area contributed by atoms with Crippen LogP contribution in [0.5, 0.6) is 0 Å². The van der Waals surface area contributed by atoms with Crippen LogP contribution in [0.2, 0.25) is 0 Å². The molecule has 1 aliphatic rings. The number of benzene rings is 1. The van der Waals surface area contributed by atoms with E-state index < -0.39 is 0 Å². The molecule has 1 aromatic rings. The Hall–Kier alpha value is -1.70. The summed E-state index contributed by atoms with van der Waals surface area (Å²) in [6, 6.07) is 5.79. The van der Waals surface area contributed by atoms with Crippen LogP contribution in [0.1, 0.15) is 12.0 Å². The van der Waals surface area contributed by atoms with Crippen molar-refractivity contribution in [2.75, 3.05) is 0 Å². The van der Waals surface area contributed by atoms with Crippen molar-refractivity contribution in [1.82, 2.24) is 0 Å². The molecule has 0 fully saturated rings. The topological polar surface area (TPSA) is 34.1 Å². The highest BCUT2D eigenvalue weighted by molar-refractivity contribution is 6.00. The molecule has 14 heavy (non-hydrogen) atoms. The number of hydrogen-bond acceptors (Lipinski definition) is 2. The lowest BCUT2D eigenvalue weighted by Gasteiger charge is -1.92. The lowest BCUT2D eigenvalue weighted by Crippen LogP contribution is -2.27. The number of aryl methyl sites for hydroxylation is 1. The summed E-state index contributed by atoms with van der Waals surface area (Å²) < 4.78 is 0. The van der Waals surface area contributed by atoms with Gasteiger partial charge in [-0.1, -0.05) is 18.2 Å². The van der Waals surface area contributed by atoms with Gasteiger partial charge in [-0.2, -0.15) is 0 Å². The Balaban J connectivity index is 2.89. The van der Waals surface area contributed by atoms with Crippen molar-refractivity contribution in [2.45, 2.75) is 12.8 Å². The van der Waals surface area contributed by atoms with Crippen molar-refractivity contribution >= 4 is 24.2 Å². The predicted octanol–water partition coefficient (Wildman–Crippen LogP) is -0.0382. The summed E-state index contributed by atoms with van der Waals surface area (Å²) in [6.07, 6.45) is 4.87. The summed E-state index contributed by atoms with van der Waals surface area (Å²) in [4.78, 5) is 21.2. The average molecular weight is 186 g/mol. The number of rotatable bonds is 2. The zero-order chi connectivity index (χ0) is 9.97. The number of carbonyl (C=O) groups is 2. The highest BCUT2D eigenvalue weighted by Gasteiger charge is 2.10. The molecule has 0 N–H and O–H groups in total. The molecular weight excluding hydrogens is 176 g/mol. The fraction of sp³-hybridized carbons (Fsp3) is 0.167. The molecule has 2 nitrogen and oxygen atoms in total. The van der Waals surface area contributed by atoms with Gasteiger partial charge in [-0.15, -0.1) is 0 Å². The van der Waals surface area contributed by atoms with Crippen LogP contribution in [-0.2, 0) is 16.0 Å². The Morgan fingerprint density at radius 2 is 2.00 bits per heavy atom. The Morgan fingerprint density at radius 1 is 1.14 bits per heavy atom. The second kappa shape index (κ2) is 3.58. The highest BCUT2D eigenvalue weighted by Crippen LogP contribution is 2.10. The maximum absolute atomic E-state index is 10.8. The molecule has 2 rings (SSSR count). The van der Waals surface area contributed by atoms with Crippen molar-refractivity contribution in [3.63, 3.8) is 0 Å². The van der Waals surface area contributed by atoms with Gasteiger partial charge in [-0.3, -0.25) is 9.59 Å². The predicted molar refractivity (Wildman–Crippen MR) is 54.0 cm³/mol. The quantitative estimate of drug-likeness (QED) is 0.607. The molecule has 0 radical (unpaired) electrons. The summed E-state index contributed by atoms with van der Waals surface area (Å²) in [5, 5.41) is 1.83. The largest absolute Gasteiger partial charge is 0.299 e. The van der Waals surface area contributed by atoms with Crippen LogP contribution in [-0.4, -0.2) is 12.6 Å². The van der Waals surface area contributed by atoms with Gasteiger partial charge in [0, 0.05) is 5.57 Å². The van der Waals surface area contributed by atoms with Crippen molar-refractivity contribution < 1.29 is 9.59 Å². The van der Waals surface area contributed by atoms with E-state index in [9.17, 15) is 9.59 Å². The minimum Gasteiger partial charge on any atom is -0.299 e. The molecule has 1 aromatic carbocycles. The van der Waals surface area contributed by atoms with E-state index in [4.69, 9.17) is 0 Å². The molecule has 0 atom stereocenters. The number of aldehydes is 2. The van der Waals surface area contributed by atoms with Gasteiger partial charge in [0.05, 0.1) is 0 Å². The Bertz CT molecular complexity index is 498. The maximum atomic E-state index is 10.8. The Kier molecular flexibility index (Phi) is 2.27. The van der Waals surface area contributed by atoms with Crippen molar-refractivity contribution in [2.24, 2.45) is 0 Å². The fourth-order valence-corrected chi connectivity index (χ4v) is 1.94. The zero-order valence-electron chi connectivity index (χ0n) is 7.69. The lowest BCUT2D eigenvalue weighted by atomic mass is 10.1. The van der Waals surface area contributed by atoms with Gasteiger partial charge in [0.2, 0.25) is 0 Å². The first-order valence-corrected chi connectivity index (χ1v) is 4.58. The molecule has 70 valence electrons. The Labute approximate surface area is 81.6 Å². The van der Waals surface area contributed by atoms with Crippen LogP contribution < -0.4 is 10.4 Å². The third-order valence-electron chi connectivity index (χ3n) is 2.56. The van der Waals surface area contributed by atoms with E-state index in [1.807, 2.05) is 18.2 Å². The van der Waals surface area contributed by atoms with Crippen LogP contribution >= 0.6 is 0 Å². The monoisotopic (exact) mass is 186 g/mol. The van der Waals surface area contributed by atoms with Crippen molar-refractivity contribution in [1.29, 1.82) is 0 Å². The fourth-order valence-electron chi connectivity index (χ4n) is 1.94. The summed E-state index contributed by atoms with van der Waals surface area (Å²) in [6.45, 7) is 0. The van der Waals surface area contributed by atoms with Crippen molar-refractivity contribution in [3.05, 3.63) is 34.2 Å². The van der Waals surface area contributed by atoms with E-state index in [0.717, 1.165) is 41.4 Å². The van der Waals surface area contributed by atoms with Crippen LogP contribution in [0.3, 0.4) is 0 Å². The molecular formula is C12H10O2. The standard InChI is InChI=1S/C12H10O2/c13-7-6-10-3-1-2-9-4-5-11(8-14)12(9)10/h1-3,6-8H,4-5H2/b10-6-. The van der Waals surface area contributed by atoms with E-state index in [-0.39, 0.29) is 0 Å². The molecule has 0 saturated heterocycles. The molecule has 0 saturated carbocycles. The van der Waals surface area contributed by atoms with Crippen LogP contribution in [0.25, 0.3) is 11.6 Å².